The molecular weight excluding hydrogens is 292 g/mol. The van der Waals surface area contributed by atoms with Gasteiger partial charge < -0.3 is 0 Å². The summed E-state index contributed by atoms with van der Waals surface area (Å²) in [6.07, 6.45) is 0. The molecule has 0 aliphatic heterocycles. The molecule has 0 atom stereocenters. The largest absolute Gasteiger partial charge is 0.176 e. The molecule has 23 heavy (non-hydrogen) atoms. The van der Waals surface area contributed by atoms with Crippen LogP contribution < -0.4 is 15.6 Å². The highest BCUT2D eigenvalue weighted by molar-refractivity contribution is 7.10. The molecule has 0 saturated heterocycles. The van der Waals surface area contributed by atoms with Gasteiger partial charge in [0.15, 0.2) is 0 Å². The van der Waals surface area contributed by atoms with Crippen LogP contribution in [0.3, 0.4) is 0 Å². The van der Waals surface area contributed by atoms with Crippen LogP contribution in [0.15, 0.2) is 72.8 Å². The third-order valence-corrected chi connectivity index (χ3v) is 9.35. The van der Waals surface area contributed by atoms with E-state index in [0.29, 0.717) is 0 Å². The lowest BCUT2D eigenvalue weighted by Gasteiger charge is -2.42. The molecule has 0 aliphatic carbocycles. The van der Waals surface area contributed by atoms with Crippen molar-refractivity contribution < 1.29 is 0 Å². The molecular formula is C22H24Si-. The average molecular weight is 317 g/mol. The first-order valence-corrected chi connectivity index (χ1v) is 10.7. The number of aryl methyl sites for hydroxylation is 3. The molecule has 3 rings (SSSR count). The molecule has 0 N–H and O–H groups in total. The third-order valence-electron chi connectivity index (χ3n) is 4.89. The Hall–Kier alpha value is -2.12. The van der Waals surface area contributed by atoms with Crippen molar-refractivity contribution in [2.75, 3.05) is 0 Å². The smallest absolute Gasteiger partial charge is 0.0398 e. The lowest BCUT2D eigenvalue weighted by Crippen LogP contribution is -2.64. The van der Waals surface area contributed by atoms with Crippen molar-refractivity contribution in [2.24, 2.45) is 0 Å². The minimum atomic E-state index is -1.95. The van der Waals surface area contributed by atoms with Gasteiger partial charge in [-0.05, 0) is 20.8 Å². The summed E-state index contributed by atoms with van der Waals surface area (Å²) in [7, 11) is -1.95. The highest BCUT2D eigenvalue weighted by atomic mass is 28.3. The predicted octanol–water partition coefficient (Wildman–Crippen LogP) is 3.71. The molecule has 3 aromatic rings. The summed E-state index contributed by atoms with van der Waals surface area (Å²) in [5.74, 6) is 0. The van der Waals surface area contributed by atoms with Crippen molar-refractivity contribution in [2.45, 2.75) is 27.3 Å². The van der Waals surface area contributed by atoms with Crippen LogP contribution in [0.4, 0.5) is 0 Å². The molecule has 3 aromatic carbocycles. The fourth-order valence-electron chi connectivity index (χ4n) is 3.16. The summed E-state index contributed by atoms with van der Waals surface area (Å²) in [5.41, 5.74) is 3.95. The summed E-state index contributed by atoms with van der Waals surface area (Å²) in [6, 6.07) is 27.4. The van der Waals surface area contributed by atoms with Gasteiger partial charge in [0, 0.05) is 0 Å². The summed E-state index contributed by atoms with van der Waals surface area (Å²) in [4.78, 5) is 0. The van der Waals surface area contributed by atoms with Gasteiger partial charge in [-0.15, -0.1) is 0 Å². The average Bonchev–Trinajstić information content (AvgIpc) is 2.56. The zero-order chi connectivity index (χ0) is 16.4. The SMILES string of the molecule is Cc1ccc([Si-](C)(c2ccc(C)cc2)c2ccc(C)cc2)cc1. The van der Waals surface area contributed by atoms with Crippen LogP contribution in [0.2, 0.25) is 6.55 Å². The van der Waals surface area contributed by atoms with Crippen LogP contribution in [0, 0.1) is 20.8 Å². The van der Waals surface area contributed by atoms with Gasteiger partial charge >= 0.3 is 0 Å². The molecule has 1 heteroatoms. The third kappa shape index (κ3) is 3.02. The molecule has 0 aromatic heterocycles. The maximum atomic E-state index is 2.47. The first-order valence-electron chi connectivity index (χ1n) is 8.21. The number of hydrogen-bond acceptors (Lipinski definition) is 0. The van der Waals surface area contributed by atoms with Crippen LogP contribution in [-0.4, -0.2) is 8.07 Å². The Morgan fingerprint density at radius 3 is 0.870 bits per heavy atom. The van der Waals surface area contributed by atoms with Crippen molar-refractivity contribution in [1.29, 1.82) is 0 Å². The monoisotopic (exact) mass is 316 g/mol. The predicted molar refractivity (Wildman–Crippen MR) is 104 cm³/mol. The molecule has 0 bridgehead atoms. The van der Waals surface area contributed by atoms with E-state index in [4.69, 9.17) is 0 Å². The highest BCUT2D eigenvalue weighted by Gasteiger charge is 2.20. The van der Waals surface area contributed by atoms with Crippen LogP contribution in [-0.2, 0) is 0 Å². The van der Waals surface area contributed by atoms with E-state index in [-0.39, 0.29) is 0 Å². The Morgan fingerprint density at radius 2 is 0.652 bits per heavy atom. The Bertz CT molecular complexity index is 670. The van der Waals surface area contributed by atoms with E-state index in [0.717, 1.165) is 0 Å². The van der Waals surface area contributed by atoms with Crippen LogP contribution >= 0.6 is 0 Å². The maximum absolute atomic E-state index is 2.47. The van der Waals surface area contributed by atoms with E-state index in [1.807, 2.05) is 0 Å². The van der Waals surface area contributed by atoms with E-state index in [9.17, 15) is 0 Å². The minimum absolute atomic E-state index is 1.32. The summed E-state index contributed by atoms with van der Waals surface area (Å²) in [6.45, 7) is 8.92. The van der Waals surface area contributed by atoms with Crippen LogP contribution in [0.25, 0.3) is 0 Å². The molecule has 0 unspecified atom stereocenters. The Balaban J connectivity index is 2.21. The Kier molecular flexibility index (Phi) is 4.23. The molecule has 0 heterocycles. The second-order valence-electron chi connectivity index (χ2n) is 6.72. The lowest BCUT2D eigenvalue weighted by atomic mass is 10.2. The molecule has 0 aliphatic rings. The van der Waals surface area contributed by atoms with Gasteiger partial charge in [-0.2, -0.15) is 22.1 Å². The first-order chi connectivity index (χ1) is 11.0. The zero-order valence-electron chi connectivity index (χ0n) is 14.4. The quantitative estimate of drug-likeness (QED) is 0.510. The van der Waals surface area contributed by atoms with E-state index >= 15 is 0 Å². The van der Waals surface area contributed by atoms with Gasteiger partial charge in [0.05, 0.1) is 0 Å². The van der Waals surface area contributed by atoms with Crippen molar-refractivity contribution in [3.63, 3.8) is 0 Å². The van der Waals surface area contributed by atoms with Crippen molar-refractivity contribution in [3.05, 3.63) is 89.5 Å². The van der Waals surface area contributed by atoms with Gasteiger partial charge in [-0.25, -0.2) is 0 Å². The molecule has 0 saturated carbocycles. The summed E-state index contributed by atoms with van der Waals surface area (Å²) >= 11 is 0. The van der Waals surface area contributed by atoms with Gasteiger partial charge in [0.1, 0.15) is 0 Å². The molecule has 0 nitrogen and oxygen atoms in total. The van der Waals surface area contributed by atoms with Crippen molar-refractivity contribution in [3.8, 4) is 0 Å². The molecule has 0 spiro atoms. The molecule has 0 amide bonds. The lowest BCUT2D eigenvalue weighted by molar-refractivity contribution is 1.47. The van der Waals surface area contributed by atoms with Crippen molar-refractivity contribution in [1.82, 2.24) is 0 Å². The Labute approximate surface area is 140 Å². The number of rotatable bonds is 3. The molecule has 0 radical (unpaired) electrons. The number of benzene rings is 3. The summed E-state index contributed by atoms with van der Waals surface area (Å²) < 4.78 is 0. The molecule has 0 fully saturated rings. The standard InChI is InChI=1S/C22H24Si/c1-17-5-11-20(12-6-17)23(4,21-13-7-18(2)8-14-21)22-15-9-19(3)10-16-22/h5-16H,1-4H3/q-1. The van der Waals surface area contributed by atoms with Gasteiger partial charge in [-0.3, -0.25) is 0 Å². The first kappa shape index (κ1) is 15.8. The van der Waals surface area contributed by atoms with E-state index in [2.05, 4.69) is 100 Å². The normalized spacial score (nSPS) is 11.5. The Morgan fingerprint density at radius 1 is 0.435 bits per heavy atom. The van der Waals surface area contributed by atoms with Gasteiger partial charge in [0.2, 0.25) is 0 Å². The fourth-order valence-corrected chi connectivity index (χ4v) is 6.66. The van der Waals surface area contributed by atoms with E-state index in [1.165, 1.54) is 32.3 Å². The van der Waals surface area contributed by atoms with Gasteiger partial charge in [0.25, 0.3) is 0 Å². The van der Waals surface area contributed by atoms with Crippen LogP contribution in [0.5, 0.6) is 0 Å². The fraction of sp³-hybridized carbons (Fsp3) is 0.182. The van der Waals surface area contributed by atoms with Gasteiger partial charge in [-0.1, -0.05) is 97.6 Å². The number of hydrogen-bond donors (Lipinski definition) is 0. The summed E-state index contributed by atoms with van der Waals surface area (Å²) in [5, 5.41) is 4.41. The minimum Gasteiger partial charge on any atom is -0.176 e. The maximum Gasteiger partial charge on any atom is -0.0398 e. The van der Waals surface area contributed by atoms with Crippen LogP contribution in [0.1, 0.15) is 16.7 Å². The topological polar surface area (TPSA) is 0 Å². The zero-order valence-corrected chi connectivity index (χ0v) is 15.4. The van der Waals surface area contributed by atoms with E-state index < -0.39 is 8.07 Å². The van der Waals surface area contributed by atoms with Crippen molar-refractivity contribution >= 4 is 23.6 Å². The second-order valence-corrected chi connectivity index (χ2v) is 10.7. The van der Waals surface area contributed by atoms with E-state index in [1.54, 1.807) is 0 Å². The highest BCUT2D eigenvalue weighted by Crippen LogP contribution is 2.10. The molecule has 117 valence electrons. The second kappa shape index (κ2) is 6.17.